The largest absolute Gasteiger partial charge is 0.497 e. The van der Waals surface area contributed by atoms with Crippen molar-refractivity contribution in [3.8, 4) is 28.4 Å². The van der Waals surface area contributed by atoms with E-state index in [0.29, 0.717) is 22.7 Å². The number of aryl methyl sites for hydroxylation is 2. The van der Waals surface area contributed by atoms with Crippen LogP contribution in [0.3, 0.4) is 0 Å². The maximum absolute atomic E-state index is 12.8. The Morgan fingerprint density at radius 1 is 0.906 bits per heavy atom. The molecule has 0 unspecified atom stereocenters. The van der Waals surface area contributed by atoms with Crippen LogP contribution in [0.2, 0.25) is 0 Å². The van der Waals surface area contributed by atoms with Gasteiger partial charge in [0.05, 0.1) is 31.3 Å². The van der Waals surface area contributed by atoms with Gasteiger partial charge in [0.1, 0.15) is 11.5 Å². The molecule has 6 heteroatoms. The van der Waals surface area contributed by atoms with Crippen LogP contribution in [-0.4, -0.2) is 29.7 Å². The van der Waals surface area contributed by atoms with E-state index in [-0.39, 0.29) is 5.91 Å². The minimum Gasteiger partial charge on any atom is -0.497 e. The van der Waals surface area contributed by atoms with Gasteiger partial charge in [0.15, 0.2) is 0 Å². The van der Waals surface area contributed by atoms with Crippen molar-refractivity contribution in [2.45, 2.75) is 13.8 Å². The summed E-state index contributed by atoms with van der Waals surface area (Å²) < 4.78 is 12.8. The molecule has 0 aliphatic rings. The zero-order valence-corrected chi connectivity index (χ0v) is 18.5. The lowest BCUT2D eigenvalue weighted by Crippen LogP contribution is -2.12. The van der Waals surface area contributed by atoms with Crippen LogP contribution >= 0.6 is 0 Å². The Morgan fingerprint density at radius 3 is 2.28 bits per heavy atom. The molecule has 4 aromatic rings. The first-order chi connectivity index (χ1) is 15.5. The normalized spacial score (nSPS) is 10.6. The molecule has 6 nitrogen and oxygen atoms in total. The van der Waals surface area contributed by atoms with E-state index in [1.807, 2.05) is 18.2 Å². The summed E-state index contributed by atoms with van der Waals surface area (Å²) in [5, 5.41) is 2.90. The van der Waals surface area contributed by atoms with Crippen molar-refractivity contribution in [3.05, 3.63) is 89.9 Å². The second kappa shape index (κ2) is 8.98. The lowest BCUT2D eigenvalue weighted by Gasteiger charge is -2.14. The van der Waals surface area contributed by atoms with Crippen LogP contribution in [0.25, 0.3) is 16.9 Å². The van der Waals surface area contributed by atoms with E-state index in [1.54, 1.807) is 50.7 Å². The molecular weight excluding hydrogens is 402 g/mol. The lowest BCUT2D eigenvalue weighted by atomic mass is 10.1. The van der Waals surface area contributed by atoms with Crippen molar-refractivity contribution in [2.75, 3.05) is 19.5 Å². The molecule has 0 aliphatic carbocycles. The average Bonchev–Trinajstić information content (AvgIpc) is 3.17. The standard InChI is InChI=1S/C26H25N3O3/c1-17-7-8-18(2)29(17)23-6-5-15-27-25(23)19-9-11-20(12-10-19)26(30)28-22-14-13-21(31-3)16-24(22)32-4/h5-16H,1-4H3,(H,28,30). The summed E-state index contributed by atoms with van der Waals surface area (Å²) in [6, 6.07) is 20.9. The van der Waals surface area contributed by atoms with Gasteiger partial charge in [0, 0.05) is 34.8 Å². The van der Waals surface area contributed by atoms with Gasteiger partial charge in [-0.15, -0.1) is 0 Å². The summed E-state index contributed by atoms with van der Waals surface area (Å²) in [7, 11) is 3.14. The van der Waals surface area contributed by atoms with Gasteiger partial charge < -0.3 is 19.4 Å². The highest BCUT2D eigenvalue weighted by Crippen LogP contribution is 2.30. The highest BCUT2D eigenvalue weighted by Gasteiger charge is 2.14. The zero-order chi connectivity index (χ0) is 22.7. The van der Waals surface area contributed by atoms with E-state index in [9.17, 15) is 4.79 Å². The molecular formula is C26H25N3O3. The highest BCUT2D eigenvalue weighted by molar-refractivity contribution is 6.05. The second-order valence-electron chi connectivity index (χ2n) is 7.42. The van der Waals surface area contributed by atoms with Crippen LogP contribution in [0.5, 0.6) is 11.5 Å². The second-order valence-corrected chi connectivity index (χ2v) is 7.42. The molecule has 0 saturated heterocycles. The fourth-order valence-electron chi connectivity index (χ4n) is 3.72. The van der Waals surface area contributed by atoms with Gasteiger partial charge >= 0.3 is 0 Å². The quantitative estimate of drug-likeness (QED) is 0.446. The summed E-state index contributed by atoms with van der Waals surface area (Å²) in [4.78, 5) is 17.4. The molecule has 2 aromatic carbocycles. The van der Waals surface area contributed by atoms with E-state index in [0.717, 1.165) is 28.3 Å². The van der Waals surface area contributed by atoms with Crippen molar-refractivity contribution in [1.82, 2.24) is 9.55 Å². The molecule has 0 fully saturated rings. The maximum Gasteiger partial charge on any atom is 0.255 e. The van der Waals surface area contributed by atoms with Gasteiger partial charge in [-0.25, -0.2) is 0 Å². The average molecular weight is 428 g/mol. The molecule has 32 heavy (non-hydrogen) atoms. The van der Waals surface area contributed by atoms with Gasteiger partial charge in [-0.2, -0.15) is 0 Å². The minimum atomic E-state index is -0.224. The van der Waals surface area contributed by atoms with E-state index >= 15 is 0 Å². The van der Waals surface area contributed by atoms with Crippen LogP contribution in [0.1, 0.15) is 21.7 Å². The molecule has 1 amide bonds. The number of nitrogens with zero attached hydrogens (tertiary/aromatic N) is 2. The molecule has 4 rings (SSSR count). The molecule has 1 N–H and O–H groups in total. The smallest absolute Gasteiger partial charge is 0.255 e. The number of ether oxygens (including phenoxy) is 2. The van der Waals surface area contributed by atoms with Crippen LogP contribution in [0.4, 0.5) is 5.69 Å². The number of carbonyl (C=O) groups is 1. The summed E-state index contributed by atoms with van der Waals surface area (Å²) in [6.45, 7) is 4.15. The number of anilines is 1. The predicted molar refractivity (Wildman–Crippen MR) is 126 cm³/mol. The summed E-state index contributed by atoms with van der Waals surface area (Å²) in [5.41, 5.74) is 6.20. The van der Waals surface area contributed by atoms with E-state index in [2.05, 4.69) is 46.9 Å². The first-order valence-electron chi connectivity index (χ1n) is 10.3. The van der Waals surface area contributed by atoms with Crippen molar-refractivity contribution in [2.24, 2.45) is 0 Å². The number of pyridine rings is 1. The van der Waals surface area contributed by atoms with Gasteiger partial charge in [-0.3, -0.25) is 9.78 Å². The van der Waals surface area contributed by atoms with Crippen LogP contribution in [0, 0.1) is 13.8 Å². The maximum atomic E-state index is 12.8. The van der Waals surface area contributed by atoms with Crippen LogP contribution < -0.4 is 14.8 Å². The number of amides is 1. The number of hydrogen-bond donors (Lipinski definition) is 1. The Kier molecular flexibility index (Phi) is 5.94. The molecule has 0 radical (unpaired) electrons. The lowest BCUT2D eigenvalue weighted by molar-refractivity contribution is 0.102. The van der Waals surface area contributed by atoms with Gasteiger partial charge in [0.25, 0.3) is 5.91 Å². The number of aromatic nitrogens is 2. The Morgan fingerprint density at radius 2 is 1.62 bits per heavy atom. The topological polar surface area (TPSA) is 65.4 Å². The van der Waals surface area contributed by atoms with Gasteiger partial charge in [-0.1, -0.05) is 12.1 Å². The van der Waals surface area contributed by atoms with E-state index in [1.165, 1.54) is 0 Å². The zero-order valence-electron chi connectivity index (χ0n) is 18.5. The summed E-state index contributed by atoms with van der Waals surface area (Å²) in [5.74, 6) is 0.965. The molecule has 2 heterocycles. The Balaban J connectivity index is 1.61. The van der Waals surface area contributed by atoms with Crippen molar-refractivity contribution in [1.29, 1.82) is 0 Å². The summed E-state index contributed by atoms with van der Waals surface area (Å²) >= 11 is 0. The fraction of sp³-hybridized carbons (Fsp3) is 0.154. The third-order valence-corrected chi connectivity index (χ3v) is 5.38. The molecule has 0 saturated carbocycles. The monoisotopic (exact) mass is 427 g/mol. The fourth-order valence-corrected chi connectivity index (χ4v) is 3.72. The van der Waals surface area contributed by atoms with Crippen molar-refractivity contribution in [3.63, 3.8) is 0 Å². The highest BCUT2D eigenvalue weighted by atomic mass is 16.5. The Bertz CT molecular complexity index is 1240. The van der Waals surface area contributed by atoms with Crippen LogP contribution in [-0.2, 0) is 0 Å². The third kappa shape index (κ3) is 4.07. The molecule has 162 valence electrons. The van der Waals surface area contributed by atoms with Gasteiger partial charge in [-0.05, 0) is 62.4 Å². The van der Waals surface area contributed by atoms with Crippen LogP contribution in [0.15, 0.2) is 72.9 Å². The first kappa shape index (κ1) is 21.2. The van der Waals surface area contributed by atoms with Crippen molar-refractivity contribution >= 4 is 11.6 Å². The summed E-state index contributed by atoms with van der Waals surface area (Å²) in [6.07, 6.45) is 1.78. The number of rotatable bonds is 6. The Hall–Kier alpha value is -4.06. The molecule has 0 aliphatic heterocycles. The Labute approximate surface area is 187 Å². The minimum absolute atomic E-state index is 0.224. The van der Waals surface area contributed by atoms with Gasteiger partial charge in [0.2, 0.25) is 0 Å². The number of benzene rings is 2. The number of nitrogens with one attached hydrogen (secondary N) is 1. The molecule has 0 bridgehead atoms. The number of carbonyl (C=O) groups excluding carboxylic acids is 1. The van der Waals surface area contributed by atoms with E-state index < -0.39 is 0 Å². The molecule has 2 aromatic heterocycles. The SMILES string of the molecule is COc1ccc(NC(=O)c2ccc(-c3ncccc3-n3c(C)ccc3C)cc2)c(OC)c1. The van der Waals surface area contributed by atoms with Crippen molar-refractivity contribution < 1.29 is 14.3 Å². The predicted octanol–water partition coefficient (Wildman–Crippen LogP) is 5.43. The van der Waals surface area contributed by atoms with E-state index in [4.69, 9.17) is 9.47 Å². The molecule has 0 atom stereocenters. The first-order valence-corrected chi connectivity index (χ1v) is 10.3. The number of hydrogen-bond acceptors (Lipinski definition) is 4. The molecule has 0 spiro atoms. The number of methoxy groups -OCH3 is 2. The third-order valence-electron chi connectivity index (χ3n) is 5.38.